The highest BCUT2D eigenvalue weighted by Gasteiger charge is 2.02. The molecule has 4 heteroatoms. The minimum atomic E-state index is 0.198. The maximum absolute atomic E-state index is 10.1. The van der Waals surface area contributed by atoms with Gasteiger partial charge in [0.2, 0.25) is 6.41 Å². The lowest BCUT2D eigenvalue weighted by molar-refractivity contribution is -0.108. The summed E-state index contributed by atoms with van der Waals surface area (Å²) in [6, 6.07) is 7.02. The predicted molar refractivity (Wildman–Crippen MR) is 61.6 cm³/mol. The summed E-state index contributed by atoms with van der Waals surface area (Å²) in [5, 5.41) is 12.7. The number of hydrogen-bond acceptors (Lipinski definition) is 3. The van der Waals surface area contributed by atoms with Gasteiger partial charge in [0.25, 0.3) is 0 Å². The van der Waals surface area contributed by atoms with E-state index in [0.29, 0.717) is 17.3 Å². The van der Waals surface area contributed by atoms with Crippen LogP contribution >= 0.6 is 0 Å². The van der Waals surface area contributed by atoms with Crippen LogP contribution in [0.1, 0.15) is 5.56 Å². The highest BCUT2D eigenvalue weighted by atomic mass is 16.3. The fourth-order valence-electron chi connectivity index (χ4n) is 1.50. The molecule has 2 rings (SSSR count). The van der Waals surface area contributed by atoms with E-state index in [1.54, 1.807) is 24.4 Å². The Morgan fingerprint density at radius 3 is 3.00 bits per heavy atom. The number of pyridine rings is 1. The number of nitrogens with zero attached hydrogens (tertiary/aromatic N) is 1. The number of nitrogens with one attached hydrogen (secondary N) is 1. The number of carbonyl (C=O) groups is 1. The number of aromatic hydroxyl groups is 1. The van der Waals surface area contributed by atoms with Gasteiger partial charge < -0.3 is 10.4 Å². The number of amides is 1. The Morgan fingerprint density at radius 2 is 2.19 bits per heavy atom. The van der Waals surface area contributed by atoms with E-state index in [1.165, 1.54) is 6.20 Å². The molecule has 0 bridgehead atoms. The van der Waals surface area contributed by atoms with Crippen LogP contribution in [0.4, 0.5) is 0 Å². The van der Waals surface area contributed by atoms with Gasteiger partial charge in [-0.25, -0.2) is 0 Å². The van der Waals surface area contributed by atoms with Crippen LogP contribution < -0.4 is 5.32 Å². The van der Waals surface area contributed by atoms with Crippen LogP contribution in [0.25, 0.3) is 17.0 Å². The molecule has 4 nitrogen and oxygen atoms in total. The second kappa shape index (κ2) is 4.44. The van der Waals surface area contributed by atoms with Crippen LogP contribution in [0.5, 0.6) is 5.75 Å². The minimum Gasteiger partial charge on any atom is -0.507 e. The average molecular weight is 214 g/mol. The summed E-state index contributed by atoms with van der Waals surface area (Å²) in [5.41, 5.74) is 1.54. The fourth-order valence-corrected chi connectivity index (χ4v) is 1.50. The first-order valence-electron chi connectivity index (χ1n) is 4.76. The lowest BCUT2D eigenvalue weighted by atomic mass is 10.1. The van der Waals surface area contributed by atoms with Crippen LogP contribution in [0.2, 0.25) is 0 Å². The fraction of sp³-hybridized carbons (Fsp3) is 0. The molecule has 1 amide bonds. The van der Waals surface area contributed by atoms with Gasteiger partial charge in [0, 0.05) is 23.3 Å². The molecule has 2 aromatic rings. The molecule has 16 heavy (non-hydrogen) atoms. The molecule has 0 unspecified atom stereocenters. The van der Waals surface area contributed by atoms with Crippen molar-refractivity contribution in [2.24, 2.45) is 0 Å². The molecule has 0 atom stereocenters. The van der Waals surface area contributed by atoms with Crippen molar-refractivity contribution >= 4 is 23.4 Å². The molecule has 0 aliphatic rings. The molecule has 0 aliphatic carbocycles. The van der Waals surface area contributed by atoms with E-state index >= 15 is 0 Å². The number of aromatic nitrogens is 1. The average Bonchev–Trinajstić information content (AvgIpc) is 2.31. The van der Waals surface area contributed by atoms with Crippen molar-refractivity contribution in [3.05, 3.63) is 42.2 Å². The van der Waals surface area contributed by atoms with Gasteiger partial charge in [0.15, 0.2) is 0 Å². The summed E-state index contributed by atoms with van der Waals surface area (Å²) >= 11 is 0. The molecule has 80 valence electrons. The Balaban J connectivity index is 2.54. The molecule has 1 aromatic carbocycles. The summed E-state index contributed by atoms with van der Waals surface area (Å²) in [4.78, 5) is 14.3. The minimum absolute atomic E-state index is 0.198. The third kappa shape index (κ3) is 1.86. The van der Waals surface area contributed by atoms with Crippen LogP contribution in [0.15, 0.2) is 36.7 Å². The van der Waals surface area contributed by atoms with Gasteiger partial charge in [-0.3, -0.25) is 9.78 Å². The first kappa shape index (κ1) is 10.2. The van der Waals surface area contributed by atoms with E-state index in [9.17, 15) is 9.90 Å². The zero-order chi connectivity index (χ0) is 11.4. The topological polar surface area (TPSA) is 62.2 Å². The van der Waals surface area contributed by atoms with Crippen molar-refractivity contribution in [2.45, 2.75) is 0 Å². The molecule has 2 N–H and O–H groups in total. The molecule has 0 aliphatic heterocycles. The molecule has 0 fully saturated rings. The molecular formula is C12H10N2O2. The normalized spacial score (nSPS) is 10.8. The van der Waals surface area contributed by atoms with Crippen LogP contribution in [-0.4, -0.2) is 16.5 Å². The van der Waals surface area contributed by atoms with Gasteiger partial charge in [-0.05, 0) is 18.2 Å². The molecule has 0 saturated carbocycles. The summed E-state index contributed by atoms with van der Waals surface area (Å²) in [6.07, 6.45) is 5.38. The van der Waals surface area contributed by atoms with Crippen molar-refractivity contribution in [3.8, 4) is 5.75 Å². The summed E-state index contributed by atoms with van der Waals surface area (Å²) in [6.45, 7) is 0. The number of benzene rings is 1. The molecule has 0 radical (unpaired) electrons. The number of para-hydroxylation sites is 1. The molecular weight excluding hydrogens is 204 g/mol. The molecule has 1 aromatic heterocycles. The van der Waals surface area contributed by atoms with E-state index in [2.05, 4.69) is 10.3 Å². The van der Waals surface area contributed by atoms with E-state index in [-0.39, 0.29) is 5.75 Å². The highest BCUT2D eigenvalue weighted by Crippen LogP contribution is 2.25. The first-order valence-corrected chi connectivity index (χ1v) is 4.76. The standard InChI is InChI=1S/C12H10N2O2/c15-8-13-6-4-9-2-1-3-10-11(16)5-7-14-12(9)10/h1-8H,(H,13,15)(H,14,16). The zero-order valence-electron chi connectivity index (χ0n) is 8.42. The van der Waals surface area contributed by atoms with Crippen molar-refractivity contribution in [2.75, 3.05) is 0 Å². The third-order valence-corrected chi connectivity index (χ3v) is 2.21. The number of carbonyl (C=O) groups excluding carboxylic acids is 1. The Bertz CT molecular complexity index is 550. The second-order valence-electron chi connectivity index (χ2n) is 3.19. The van der Waals surface area contributed by atoms with Gasteiger partial charge in [-0.2, -0.15) is 0 Å². The predicted octanol–water partition coefficient (Wildman–Crippen LogP) is 1.66. The molecule has 0 saturated heterocycles. The Kier molecular flexibility index (Phi) is 2.82. The van der Waals surface area contributed by atoms with E-state index < -0.39 is 0 Å². The van der Waals surface area contributed by atoms with Crippen LogP contribution in [-0.2, 0) is 4.79 Å². The quantitative estimate of drug-likeness (QED) is 0.764. The van der Waals surface area contributed by atoms with E-state index in [0.717, 1.165) is 5.56 Å². The maximum Gasteiger partial charge on any atom is 0.211 e. The van der Waals surface area contributed by atoms with Crippen molar-refractivity contribution in [3.63, 3.8) is 0 Å². The second-order valence-corrected chi connectivity index (χ2v) is 3.19. The van der Waals surface area contributed by atoms with Crippen molar-refractivity contribution in [1.82, 2.24) is 10.3 Å². The van der Waals surface area contributed by atoms with Gasteiger partial charge >= 0.3 is 0 Å². The highest BCUT2D eigenvalue weighted by molar-refractivity contribution is 5.91. The van der Waals surface area contributed by atoms with E-state index in [1.807, 2.05) is 12.1 Å². The first-order chi connectivity index (χ1) is 7.83. The van der Waals surface area contributed by atoms with Crippen LogP contribution in [0.3, 0.4) is 0 Å². The summed E-state index contributed by atoms with van der Waals surface area (Å²) < 4.78 is 0. The third-order valence-electron chi connectivity index (χ3n) is 2.21. The SMILES string of the molecule is O=CNC=Cc1cccc2c(O)ccnc12. The Morgan fingerprint density at radius 1 is 1.31 bits per heavy atom. The monoisotopic (exact) mass is 214 g/mol. The largest absolute Gasteiger partial charge is 0.507 e. The number of fused-ring (bicyclic) bond motifs is 1. The smallest absolute Gasteiger partial charge is 0.211 e. The lowest BCUT2D eigenvalue weighted by Crippen LogP contribution is -1.98. The van der Waals surface area contributed by atoms with Gasteiger partial charge in [-0.15, -0.1) is 0 Å². The number of hydrogen-bond donors (Lipinski definition) is 2. The van der Waals surface area contributed by atoms with Gasteiger partial charge in [-0.1, -0.05) is 12.1 Å². The van der Waals surface area contributed by atoms with Crippen LogP contribution in [0, 0.1) is 0 Å². The van der Waals surface area contributed by atoms with E-state index in [4.69, 9.17) is 0 Å². The Hall–Kier alpha value is -2.36. The summed E-state index contributed by atoms with van der Waals surface area (Å²) in [5.74, 6) is 0.198. The lowest BCUT2D eigenvalue weighted by Gasteiger charge is -2.02. The molecule has 0 spiro atoms. The van der Waals surface area contributed by atoms with Gasteiger partial charge in [0.1, 0.15) is 5.75 Å². The van der Waals surface area contributed by atoms with Crippen molar-refractivity contribution in [1.29, 1.82) is 0 Å². The number of rotatable bonds is 3. The van der Waals surface area contributed by atoms with Gasteiger partial charge in [0.05, 0.1) is 5.52 Å². The maximum atomic E-state index is 10.1. The summed E-state index contributed by atoms with van der Waals surface area (Å²) in [7, 11) is 0. The zero-order valence-corrected chi connectivity index (χ0v) is 8.42. The molecule has 1 heterocycles. The van der Waals surface area contributed by atoms with Crippen molar-refractivity contribution < 1.29 is 9.90 Å². The Labute approximate surface area is 92.2 Å².